The molecule has 1 aromatic heterocycles. The first-order valence-electron chi connectivity index (χ1n) is 5.17. The van der Waals surface area contributed by atoms with Crippen LogP contribution < -0.4 is 5.43 Å². The second-order valence-electron chi connectivity index (χ2n) is 3.45. The average Bonchev–Trinajstić information content (AvgIpc) is 2.87. The summed E-state index contributed by atoms with van der Waals surface area (Å²) in [7, 11) is 0. The predicted octanol–water partition coefficient (Wildman–Crippen LogP) is 2.45. The summed E-state index contributed by atoms with van der Waals surface area (Å²) in [6, 6.07) is 10.6. The second-order valence-corrected chi connectivity index (χ2v) is 4.36. The first-order valence-corrected chi connectivity index (χ1v) is 5.97. The van der Waals surface area contributed by atoms with Crippen molar-refractivity contribution in [2.45, 2.75) is 0 Å². The van der Waals surface area contributed by atoms with Crippen molar-refractivity contribution in [3.63, 3.8) is 0 Å². The van der Waals surface area contributed by atoms with E-state index in [-0.39, 0.29) is 5.71 Å². The van der Waals surface area contributed by atoms with Gasteiger partial charge in [0.1, 0.15) is 12.1 Å². The summed E-state index contributed by atoms with van der Waals surface area (Å²) < 4.78 is 2.61. The lowest BCUT2D eigenvalue weighted by Crippen LogP contribution is -1.97. The van der Waals surface area contributed by atoms with E-state index in [0.717, 1.165) is 10.2 Å². The summed E-state index contributed by atoms with van der Waals surface area (Å²) in [5.41, 5.74) is 3.98. The number of aromatic nitrogens is 2. The third kappa shape index (κ3) is 3.18. The number of nitrogens with one attached hydrogen (secondary N) is 1. The topological polar surface area (TPSA) is 89.8 Å². The third-order valence-electron chi connectivity index (χ3n) is 2.19. The Hall–Kier alpha value is -2.64. The van der Waals surface area contributed by atoms with E-state index in [2.05, 4.69) is 31.6 Å². The number of hydrogen-bond donors (Lipinski definition) is 1. The van der Waals surface area contributed by atoms with Crippen LogP contribution in [-0.2, 0) is 0 Å². The lowest BCUT2D eigenvalue weighted by Gasteiger charge is -2.03. The van der Waals surface area contributed by atoms with Crippen molar-refractivity contribution in [2.24, 2.45) is 5.10 Å². The Kier molecular flexibility index (Phi) is 3.91. The zero-order valence-corrected chi connectivity index (χ0v) is 11.2. The highest BCUT2D eigenvalue weighted by atomic mass is 79.9. The van der Waals surface area contributed by atoms with Crippen molar-refractivity contribution in [3.05, 3.63) is 41.1 Å². The second kappa shape index (κ2) is 5.80. The predicted molar refractivity (Wildman–Crippen MR) is 73.5 cm³/mol. The van der Waals surface area contributed by atoms with E-state index in [1.165, 1.54) is 0 Å². The first kappa shape index (κ1) is 12.8. The van der Waals surface area contributed by atoms with E-state index < -0.39 is 0 Å². The molecule has 0 bridgehead atoms. The van der Waals surface area contributed by atoms with Gasteiger partial charge in [0.2, 0.25) is 5.71 Å². The monoisotopic (exact) mass is 314 g/mol. The summed E-state index contributed by atoms with van der Waals surface area (Å²) in [5, 5.41) is 24.9. The Bertz CT molecular complexity index is 670. The molecule has 19 heavy (non-hydrogen) atoms. The molecule has 0 atom stereocenters. The average molecular weight is 315 g/mol. The Labute approximate surface area is 117 Å². The standard InChI is InChI=1S/C12H7BrN6/c13-9-7-16-19(8-9)12-3-1-10(2-4-12)17-18-11(5-14)6-15/h1-4,7-8,17H. The van der Waals surface area contributed by atoms with Crippen LogP contribution in [0, 0.1) is 22.7 Å². The molecule has 2 rings (SSSR count). The van der Waals surface area contributed by atoms with E-state index in [9.17, 15) is 0 Å². The van der Waals surface area contributed by atoms with Gasteiger partial charge in [0.25, 0.3) is 0 Å². The smallest absolute Gasteiger partial charge is 0.237 e. The number of nitriles is 2. The number of nitrogens with zero attached hydrogens (tertiary/aromatic N) is 5. The molecular formula is C12H7BrN6. The maximum atomic E-state index is 8.54. The molecule has 7 heteroatoms. The van der Waals surface area contributed by atoms with Crippen LogP contribution in [0.25, 0.3) is 5.69 Å². The molecule has 6 nitrogen and oxygen atoms in total. The molecular weight excluding hydrogens is 308 g/mol. The molecule has 1 heterocycles. The fourth-order valence-electron chi connectivity index (χ4n) is 1.33. The normalized spacial score (nSPS) is 9.21. The molecule has 1 aromatic carbocycles. The van der Waals surface area contributed by atoms with Crippen LogP contribution in [0.1, 0.15) is 0 Å². The zero-order valence-electron chi connectivity index (χ0n) is 9.58. The number of anilines is 1. The fraction of sp³-hybridized carbons (Fsp3) is 0. The number of hydrogen-bond acceptors (Lipinski definition) is 5. The summed E-state index contributed by atoms with van der Waals surface area (Å²) in [6.45, 7) is 0. The molecule has 0 saturated carbocycles. The van der Waals surface area contributed by atoms with Crippen molar-refractivity contribution in [1.82, 2.24) is 9.78 Å². The highest BCUT2D eigenvalue weighted by Crippen LogP contribution is 2.15. The van der Waals surface area contributed by atoms with Gasteiger partial charge in [-0.2, -0.15) is 20.7 Å². The van der Waals surface area contributed by atoms with Crippen LogP contribution in [0.2, 0.25) is 0 Å². The van der Waals surface area contributed by atoms with Crippen molar-refractivity contribution >= 4 is 27.3 Å². The SMILES string of the molecule is N#CC(C#N)=NNc1ccc(-n2cc(Br)cn2)cc1. The minimum absolute atomic E-state index is 0.222. The van der Waals surface area contributed by atoms with Crippen LogP contribution in [-0.4, -0.2) is 15.5 Å². The molecule has 0 amide bonds. The summed E-state index contributed by atoms with van der Waals surface area (Å²) in [6.07, 6.45) is 3.53. The molecule has 2 aromatic rings. The molecule has 1 N–H and O–H groups in total. The van der Waals surface area contributed by atoms with Crippen LogP contribution in [0.5, 0.6) is 0 Å². The zero-order chi connectivity index (χ0) is 13.7. The van der Waals surface area contributed by atoms with Gasteiger partial charge in [-0.3, -0.25) is 5.43 Å². The van der Waals surface area contributed by atoms with Gasteiger partial charge in [0, 0.05) is 6.20 Å². The summed E-state index contributed by atoms with van der Waals surface area (Å²) in [4.78, 5) is 0. The van der Waals surface area contributed by atoms with E-state index in [1.807, 2.05) is 18.3 Å². The Morgan fingerprint density at radius 2 is 1.95 bits per heavy atom. The van der Waals surface area contributed by atoms with Gasteiger partial charge in [-0.05, 0) is 40.2 Å². The van der Waals surface area contributed by atoms with Gasteiger partial charge in [0.15, 0.2) is 0 Å². The molecule has 0 unspecified atom stereocenters. The Morgan fingerprint density at radius 1 is 1.26 bits per heavy atom. The van der Waals surface area contributed by atoms with Crippen molar-refractivity contribution < 1.29 is 0 Å². The van der Waals surface area contributed by atoms with Gasteiger partial charge in [0.05, 0.1) is 22.0 Å². The van der Waals surface area contributed by atoms with E-state index in [1.54, 1.807) is 35.1 Å². The van der Waals surface area contributed by atoms with Gasteiger partial charge in [-0.25, -0.2) is 4.68 Å². The Balaban J connectivity index is 2.14. The highest BCUT2D eigenvalue weighted by Gasteiger charge is 1.99. The molecule has 92 valence electrons. The summed E-state index contributed by atoms with van der Waals surface area (Å²) in [5.74, 6) is 0. The van der Waals surface area contributed by atoms with E-state index in [0.29, 0.717) is 5.69 Å². The van der Waals surface area contributed by atoms with Crippen molar-refractivity contribution in [1.29, 1.82) is 10.5 Å². The van der Waals surface area contributed by atoms with Gasteiger partial charge in [-0.1, -0.05) is 0 Å². The van der Waals surface area contributed by atoms with Crippen LogP contribution in [0.3, 0.4) is 0 Å². The maximum Gasteiger partial charge on any atom is 0.237 e. The molecule has 0 aliphatic carbocycles. The van der Waals surface area contributed by atoms with Gasteiger partial charge < -0.3 is 0 Å². The molecule has 0 spiro atoms. The minimum Gasteiger partial charge on any atom is -0.277 e. The third-order valence-corrected chi connectivity index (χ3v) is 2.60. The van der Waals surface area contributed by atoms with Crippen molar-refractivity contribution in [2.75, 3.05) is 5.43 Å². The van der Waals surface area contributed by atoms with Crippen molar-refractivity contribution in [3.8, 4) is 17.8 Å². The number of rotatable bonds is 3. The molecule has 0 fully saturated rings. The number of halogens is 1. The number of hydrazone groups is 1. The van der Waals surface area contributed by atoms with Gasteiger partial charge in [-0.15, -0.1) is 0 Å². The largest absolute Gasteiger partial charge is 0.277 e. The van der Waals surface area contributed by atoms with Crippen LogP contribution >= 0.6 is 15.9 Å². The highest BCUT2D eigenvalue weighted by molar-refractivity contribution is 9.10. The molecule has 0 radical (unpaired) electrons. The van der Waals surface area contributed by atoms with Gasteiger partial charge >= 0.3 is 0 Å². The molecule has 0 saturated heterocycles. The Morgan fingerprint density at radius 3 is 2.47 bits per heavy atom. The quantitative estimate of drug-likeness (QED) is 0.696. The molecule has 0 aliphatic heterocycles. The van der Waals surface area contributed by atoms with Crippen LogP contribution in [0.4, 0.5) is 5.69 Å². The lowest BCUT2D eigenvalue weighted by molar-refractivity contribution is 0.880. The molecule has 0 aliphatic rings. The number of benzene rings is 1. The van der Waals surface area contributed by atoms with E-state index in [4.69, 9.17) is 10.5 Å². The lowest BCUT2D eigenvalue weighted by atomic mass is 10.3. The summed E-state index contributed by atoms with van der Waals surface area (Å²) >= 11 is 3.33. The maximum absolute atomic E-state index is 8.54. The van der Waals surface area contributed by atoms with Crippen LogP contribution in [0.15, 0.2) is 46.2 Å². The first-order chi connectivity index (χ1) is 9.22. The minimum atomic E-state index is -0.222. The van der Waals surface area contributed by atoms with E-state index >= 15 is 0 Å². The fourth-order valence-corrected chi connectivity index (χ4v) is 1.61.